The highest BCUT2D eigenvalue weighted by Gasteiger charge is 2.11. The van der Waals surface area contributed by atoms with Gasteiger partial charge in [0, 0.05) is 0 Å². The number of phenols is 1. The molecule has 0 saturated carbocycles. The van der Waals surface area contributed by atoms with Gasteiger partial charge in [0.1, 0.15) is 0 Å². The molecule has 24 heavy (non-hydrogen) atoms. The first-order chi connectivity index (χ1) is 11.5. The maximum Gasteiger partial charge on any atom is 0.176 e. The number of rotatable bonds is 5. The summed E-state index contributed by atoms with van der Waals surface area (Å²) in [5, 5.41) is 19.4. The summed E-state index contributed by atoms with van der Waals surface area (Å²) in [6.07, 6.45) is 1.65. The van der Waals surface area contributed by atoms with Crippen LogP contribution in [0.3, 0.4) is 0 Å². The molecular weight excluding hydrogens is 330 g/mol. The monoisotopic (exact) mass is 345 g/mol. The minimum atomic E-state index is -0.138. The first-order valence-corrected chi connectivity index (χ1v) is 7.32. The Bertz CT molecular complexity index is 824. The molecule has 2 aromatic rings. The largest absolute Gasteiger partial charge is 0.503 e. The van der Waals surface area contributed by atoms with E-state index in [9.17, 15) is 10.4 Å². The lowest BCUT2D eigenvalue weighted by atomic mass is 10.0. The van der Waals surface area contributed by atoms with Crippen molar-refractivity contribution in [2.75, 3.05) is 21.3 Å². The van der Waals surface area contributed by atoms with Gasteiger partial charge in [0.2, 0.25) is 0 Å². The molecule has 1 N–H and O–H groups in total. The minimum absolute atomic E-state index is 0.138. The van der Waals surface area contributed by atoms with Crippen molar-refractivity contribution in [3.63, 3.8) is 0 Å². The van der Waals surface area contributed by atoms with Gasteiger partial charge < -0.3 is 19.3 Å². The van der Waals surface area contributed by atoms with E-state index >= 15 is 0 Å². The van der Waals surface area contributed by atoms with Crippen LogP contribution >= 0.6 is 11.6 Å². The normalized spacial score (nSPS) is 10.9. The summed E-state index contributed by atoms with van der Waals surface area (Å²) in [5.41, 5.74) is 1.69. The highest BCUT2D eigenvalue weighted by atomic mass is 35.5. The van der Waals surface area contributed by atoms with Crippen LogP contribution in [-0.2, 0) is 0 Å². The topological polar surface area (TPSA) is 71.7 Å². The third-order valence-electron chi connectivity index (χ3n) is 3.40. The Morgan fingerprint density at radius 1 is 1.04 bits per heavy atom. The van der Waals surface area contributed by atoms with E-state index in [1.54, 1.807) is 43.5 Å². The second kappa shape index (κ2) is 7.62. The zero-order valence-corrected chi connectivity index (χ0v) is 14.2. The Morgan fingerprint density at radius 2 is 1.71 bits per heavy atom. The molecule has 124 valence electrons. The van der Waals surface area contributed by atoms with Gasteiger partial charge in [-0.15, -0.1) is 0 Å². The van der Waals surface area contributed by atoms with Gasteiger partial charge >= 0.3 is 0 Å². The standard InChI is InChI=1S/C18H16ClNO4/c1-22-15-5-4-12(9-16(15)23-2)13(10-20)6-11-7-14(19)18(21)17(8-11)24-3/h4-9,21H,1-3H3/b13-6+. The van der Waals surface area contributed by atoms with Gasteiger partial charge in [-0.05, 0) is 47.5 Å². The number of nitriles is 1. The maximum absolute atomic E-state index is 9.78. The molecule has 2 aromatic carbocycles. The number of hydrogen-bond donors (Lipinski definition) is 1. The van der Waals surface area contributed by atoms with Crippen LogP contribution in [-0.4, -0.2) is 26.4 Å². The van der Waals surface area contributed by atoms with Gasteiger partial charge in [-0.1, -0.05) is 11.6 Å². The zero-order valence-electron chi connectivity index (χ0n) is 13.5. The summed E-state index contributed by atoms with van der Waals surface area (Å²) in [6, 6.07) is 10.5. The molecule has 0 amide bonds. The van der Waals surface area contributed by atoms with E-state index in [0.717, 1.165) is 0 Å². The van der Waals surface area contributed by atoms with E-state index in [1.165, 1.54) is 14.2 Å². The van der Waals surface area contributed by atoms with E-state index in [-0.39, 0.29) is 16.5 Å². The van der Waals surface area contributed by atoms with E-state index in [1.807, 2.05) is 0 Å². The smallest absolute Gasteiger partial charge is 0.176 e. The van der Waals surface area contributed by atoms with E-state index in [4.69, 9.17) is 25.8 Å². The summed E-state index contributed by atoms with van der Waals surface area (Å²) in [7, 11) is 4.50. The molecular formula is C18H16ClNO4. The van der Waals surface area contributed by atoms with Crippen LogP contribution < -0.4 is 14.2 Å². The molecule has 0 fully saturated rings. The number of benzene rings is 2. The highest BCUT2D eigenvalue weighted by Crippen LogP contribution is 2.36. The van der Waals surface area contributed by atoms with Gasteiger partial charge in [-0.2, -0.15) is 5.26 Å². The molecule has 0 aliphatic heterocycles. The summed E-state index contributed by atoms with van der Waals surface area (Å²) in [4.78, 5) is 0. The SMILES string of the molecule is COc1ccc(/C(C#N)=C/c2cc(Cl)c(O)c(OC)c2)cc1OC. The summed E-state index contributed by atoms with van der Waals surface area (Å²) >= 11 is 5.98. The van der Waals surface area contributed by atoms with Crippen LogP contribution in [0, 0.1) is 11.3 Å². The molecule has 0 atom stereocenters. The minimum Gasteiger partial charge on any atom is -0.503 e. The van der Waals surface area contributed by atoms with Gasteiger partial charge in [-0.3, -0.25) is 0 Å². The molecule has 0 bridgehead atoms. The van der Waals surface area contributed by atoms with Crippen molar-refractivity contribution in [1.82, 2.24) is 0 Å². The number of halogens is 1. The number of hydrogen-bond acceptors (Lipinski definition) is 5. The van der Waals surface area contributed by atoms with Crippen molar-refractivity contribution in [1.29, 1.82) is 5.26 Å². The molecule has 0 unspecified atom stereocenters. The first-order valence-electron chi connectivity index (χ1n) is 6.94. The fourth-order valence-electron chi connectivity index (χ4n) is 2.18. The Hall–Kier alpha value is -2.84. The molecule has 0 radical (unpaired) electrons. The van der Waals surface area contributed by atoms with E-state index < -0.39 is 0 Å². The second-order valence-electron chi connectivity index (χ2n) is 4.79. The highest BCUT2D eigenvalue weighted by molar-refractivity contribution is 6.32. The summed E-state index contributed by atoms with van der Waals surface area (Å²) in [6.45, 7) is 0. The number of aromatic hydroxyl groups is 1. The van der Waals surface area contributed by atoms with Crippen molar-refractivity contribution in [2.24, 2.45) is 0 Å². The van der Waals surface area contributed by atoms with E-state index in [0.29, 0.717) is 28.2 Å². The number of methoxy groups -OCH3 is 3. The average Bonchev–Trinajstić information content (AvgIpc) is 2.61. The second-order valence-corrected chi connectivity index (χ2v) is 5.20. The van der Waals surface area contributed by atoms with Gasteiger partial charge in [0.05, 0.1) is 38.0 Å². The molecule has 0 saturated heterocycles. The van der Waals surface area contributed by atoms with Crippen LogP contribution in [0.2, 0.25) is 5.02 Å². The number of phenolic OH excluding ortho intramolecular Hbond substituents is 1. The number of nitrogens with zero attached hydrogens (tertiary/aromatic N) is 1. The molecule has 0 aliphatic carbocycles. The molecule has 0 aliphatic rings. The number of ether oxygens (including phenoxy) is 3. The Morgan fingerprint density at radius 3 is 2.29 bits per heavy atom. The van der Waals surface area contributed by atoms with Crippen molar-refractivity contribution in [2.45, 2.75) is 0 Å². The lowest BCUT2D eigenvalue weighted by Gasteiger charge is -2.10. The van der Waals surface area contributed by atoms with Crippen molar-refractivity contribution in [3.05, 3.63) is 46.5 Å². The molecule has 5 nitrogen and oxygen atoms in total. The third kappa shape index (κ3) is 3.55. The average molecular weight is 346 g/mol. The third-order valence-corrected chi connectivity index (χ3v) is 3.68. The summed E-state index contributed by atoms with van der Waals surface area (Å²) < 4.78 is 15.5. The van der Waals surface area contributed by atoms with Crippen molar-refractivity contribution >= 4 is 23.3 Å². The maximum atomic E-state index is 9.78. The van der Waals surface area contributed by atoms with Gasteiger partial charge in [0.25, 0.3) is 0 Å². The van der Waals surface area contributed by atoms with Crippen LogP contribution in [0.5, 0.6) is 23.0 Å². The molecule has 0 spiro atoms. The predicted molar refractivity (Wildman–Crippen MR) is 92.7 cm³/mol. The Kier molecular flexibility index (Phi) is 5.56. The molecule has 0 aromatic heterocycles. The van der Waals surface area contributed by atoms with Crippen LogP contribution in [0.25, 0.3) is 11.6 Å². The lowest BCUT2D eigenvalue weighted by molar-refractivity contribution is 0.355. The fourth-order valence-corrected chi connectivity index (χ4v) is 2.40. The van der Waals surface area contributed by atoms with Gasteiger partial charge in [0.15, 0.2) is 23.0 Å². The Balaban J connectivity index is 2.51. The predicted octanol–water partition coefficient (Wildman–Crippen LogP) is 4.14. The van der Waals surface area contributed by atoms with Gasteiger partial charge in [-0.25, -0.2) is 0 Å². The van der Waals surface area contributed by atoms with Crippen molar-refractivity contribution < 1.29 is 19.3 Å². The zero-order chi connectivity index (χ0) is 17.7. The van der Waals surface area contributed by atoms with Crippen LogP contribution in [0.15, 0.2) is 30.3 Å². The molecule has 2 rings (SSSR count). The number of allylic oxidation sites excluding steroid dienone is 1. The first kappa shape index (κ1) is 17.5. The Labute approximate surface area is 145 Å². The fraction of sp³-hybridized carbons (Fsp3) is 0.167. The van der Waals surface area contributed by atoms with E-state index in [2.05, 4.69) is 6.07 Å². The molecule has 0 heterocycles. The quantitative estimate of drug-likeness (QED) is 0.651. The van der Waals surface area contributed by atoms with Crippen molar-refractivity contribution in [3.8, 4) is 29.1 Å². The molecule has 6 heteroatoms. The van der Waals surface area contributed by atoms with Crippen LogP contribution in [0.1, 0.15) is 11.1 Å². The summed E-state index contributed by atoms with van der Waals surface area (Å²) in [5.74, 6) is 1.20. The van der Waals surface area contributed by atoms with Crippen LogP contribution in [0.4, 0.5) is 0 Å². The lowest BCUT2D eigenvalue weighted by Crippen LogP contribution is -1.92.